The van der Waals surface area contributed by atoms with E-state index in [4.69, 9.17) is 9.47 Å². The van der Waals surface area contributed by atoms with Gasteiger partial charge in [0.05, 0.1) is 30.9 Å². The molecule has 3 aliphatic carbocycles. The Labute approximate surface area is 306 Å². The van der Waals surface area contributed by atoms with Gasteiger partial charge >= 0.3 is 6.09 Å². The molecule has 4 aliphatic rings. The predicted molar refractivity (Wildman–Crippen MR) is 184 cm³/mol. The van der Waals surface area contributed by atoms with Crippen LogP contribution in [0.3, 0.4) is 0 Å². The van der Waals surface area contributed by atoms with Crippen LogP contribution in [0.2, 0.25) is 0 Å². The average Bonchev–Trinajstić information content (AvgIpc) is 3.88. The second-order valence-corrected chi connectivity index (χ2v) is 17.5. The van der Waals surface area contributed by atoms with Crippen LogP contribution in [0, 0.1) is 17.3 Å². The first-order chi connectivity index (χ1) is 25.0. The number of nitrogens with zero attached hydrogens (tertiary/aromatic N) is 5. The standard InChI is InChI=1S/C34H46F2N8O8S/c1-33(2,3)26(37-32(48)52-18-19-7-5-6-8-19)30(46)43-17-21(44-40-28(39-42-44)20-9-11-22(51-4)12-10-20)15-25(43)29(45)38-34(16-24(34)27(35)36)31(47)41-53(49,50)23-13-14-23/h9-12,19,21,23-27H,5-8,13-18H2,1-4H3,(H,37,48)(H,38,45)(H,41,47)/t21-,24+,25?,26-,34-/m1/s1. The van der Waals surface area contributed by atoms with Crippen molar-refractivity contribution in [2.75, 3.05) is 20.3 Å². The zero-order valence-electron chi connectivity index (χ0n) is 30.1. The minimum absolute atomic E-state index is 0.115. The number of methoxy groups -OCH3 is 1. The predicted octanol–water partition coefficient (Wildman–Crippen LogP) is 2.57. The van der Waals surface area contributed by atoms with Crippen molar-refractivity contribution >= 4 is 33.8 Å². The van der Waals surface area contributed by atoms with E-state index in [2.05, 4.69) is 26.0 Å². The summed E-state index contributed by atoms with van der Waals surface area (Å²) in [5.74, 6) is -3.41. The third-order valence-electron chi connectivity index (χ3n) is 10.5. The molecule has 4 fully saturated rings. The number of tetrazole rings is 1. The number of aromatic nitrogens is 4. The van der Waals surface area contributed by atoms with Gasteiger partial charge in [0.15, 0.2) is 0 Å². The highest BCUT2D eigenvalue weighted by atomic mass is 32.2. The lowest BCUT2D eigenvalue weighted by Gasteiger charge is -2.35. The van der Waals surface area contributed by atoms with Crippen LogP contribution in [0.5, 0.6) is 5.75 Å². The molecule has 1 aromatic carbocycles. The molecule has 5 atom stereocenters. The van der Waals surface area contributed by atoms with Gasteiger partial charge < -0.3 is 25.0 Å². The average molecular weight is 765 g/mol. The van der Waals surface area contributed by atoms with Gasteiger partial charge in [0.25, 0.3) is 5.91 Å². The number of hydrogen-bond acceptors (Lipinski definition) is 11. The second kappa shape index (κ2) is 14.8. The fraction of sp³-hybridized carbons (Fsp3) is 0.676. The van der Waals surface area contributed by atoms with Crippen LogP contribution < -0.4 is 20.1 Å². The number of hydrogen-bond donors (Lipinski definition) is 3. The summed E-state index contributed by atoms with van der Waals surface area (Å²) in [7, 11) is -2.59. The largest absolute Gasteiger partial charge is 0.497 e. The summed E-state index contributed by atoms with van der Waals surface area (Å²) >= 11 is 0. The number of alkyl halides is 2. The summed E-state index contributed by atoms with van der Waals surface area (Å²) in [4.78, 5) is 57.4. The van der Waals surface area contributed by atoms with E-state index in [0.717, 1.165) is 25.7 Å². The quantitative estimate of drug-likeness (QED) is 0.271. The van der Waals surface area contributed by atoms with Gasteiger partial charge in [-0.3, -0.25) is 19.1 Å². The minimum Gasteiger partial charge on any atom is -0.497 e. The highest BCUT2D eigenvalue weighted by Gasteiger charge is 2.67. The molecular weight excluding hydrogens is 718 g/mol. The van der Waals surface area contributed by atoms with Crippen LogP contribution in [0.4, 0.5) is 13.6 Å². The Kier molecular flexibility index (Phi) is 10.7. The second-order valence-electron chi connectivity index (χ2n) is 15.5. The number of benzene rings is 1. The van der Waals surface area contributed by atoms with Crippen molar-refractivity contribution in [3.8, 4) is 17.1 Å². The van der Waals surface area contributed by atoms with E-state index in [1.165, 1.54) is 16.8 Å². The number of ether oxygens (including phenoxy) is 2. The van der Waals surface area contributed by atoms with E-state index >= 15 is 0 Å². The fourth-order valence-electron chi connectivity index (χ4n) is 7.09. The molecule has 0 radical (unpaired) electrons. The molecule has 0 spiro atoms. The third-order valence-corrected chi connectivity index (χ3v) is 12.4. The van der Waals surface area contributed by atoms with Crippen LogP contribution in [0.15, 0.2) is 24.3 Å². The molecular formula is C34H46F2N8O8S. The van der Waals surface area contributed by atoms with Gasteiger partial charge in [-0.25, -0.2) is 22.0 Å². The van der Waals surface area contributed by atoms with Crippen LogP contribution >= 0.6 is 0 Å². The molecule has 3 saturated carbocycles. The summed E-state index contributed by atoms with van der Waals surface area (Å²) in [6, 6.07) is 3.61. The van der Waals surface area contributed by atoms with Crippen LogP contribution in [0.25, 0.3) is 11.4 Å². The molecule has 6 rings (SSSR count). The zero-order chi connectivity index (χ0) is 38.3. The van der Waals surface area contributed by atoms with Crippen molar-refractivity contribution in [1.29, 1.82) is 0 Å². The first-order valence-corrected chi connectivity index (χ1v) is 19.4. The number of likely N-dealkylation sites (tertiary alicyclic amines) is 1. The van der Waals surface area contributed by atoms with Crippen molar-refractivity contribution < 1.29 is 45.9 Å². The van der Waals surface area contributed by atoms with E-state index in [9.17, 15) is 36.4 Å². The fourth-order valence-corrected chi connectivity index (χ4v) is 8.46. The summed E-state index contributed by atoms with van der Waals surface area (Å²) in [6.45, 7) is 5.24. The van der Waals surface area contributed by atoms with Gasteiger partial charge in [-0.15, -0.1) is 10.2 Å². The lowest BCUT2D eigenvalue weighted by atomic mass is 9.85. The molecule has 53 heavy (non-hydrogen) atoms. The number of rotatable bonds is 13. The Bertz CT molecular complexity index is 1810. The molecule has 4 amide bonds. The highest BCUT2D eigenvalue weighted by Crippen LogP contribution is 2.48. The third kappa shape index (κ3) is 8.38. The molecule has 1 aromatic heterocycles. The van der Waals surface area contributed by atoms with Crippen LogP contribution in [-0.2, 0) is 29.1 Å². The first-order valence-electron chi connectivity index (χ1n) is 17.9. The van der Waals surface area contributed by atoms with Crippen LogP contribution in [0.1, 0.15) is 78.2 Å². The first kappa shape index (κ1) is 38.3. The number of alkyl carbamates (subject to hydrolysis) is 1. The summed E-state index contributed by atoms with van der Waals surface area (Å²) < 4.78 is 65.9. The highest BCUT2D eigenvalue weighted by molar-refractivity contribution is 7.91. The Morgan fingerprint density at radius 1 is 1.06 bits per heavy atom. The Hall–Kier alpha value is -4.42. The monoisotopic (exact) mass is 764 g/mol. The van der Waals surface area contributed by atoms with Gasteiger partial charge in [-0.1, -0.05) is 33.6 Å². The zero-order valence-corrected chi connectivity index (χ0v) is 30.9. The van der Waals surface area contributed by atoms with Gasteiger partial charge in [0.2, 0.25) is 34.1 Å². The lowest BCUT2D eigenvalue weighted by Crippen LogP contribution is -2.60. The van der Waals surface area contributed by atoms with Crippen molar-refractivity contribution in [2.24, 2.45) is 17.3 Å². The van der Waals surface area contributed by atoms with E-state index in [1.807, 2.05) is 4.72 Å². The van der Waals surface area contributed by atoms with Crippen molar-refractivity contribution in [1.82, 2.24) is 40.5 Å². The summed E-state index contributed by atoms with van der Waals surface area (Å²) in [6.07, 6.45) is 0.190. The lowest BCUT2D eigenvalue weighted by molar-refractivity contribution is -0.143. The Morgan fingerprint density at radius 2 is 1.74 bits per heavy atom. The number of nitrogens with one attached hydrogen (secondary N) is 3. The Balaban J connectivity index is 1.26. The number of sulfonamides is 1. The summed E-state index contributed by atoms with van der Waals surface area (Å²) in [5.41, 5.74) is -2.48. The molecule has 19 heteroatoms. The number of carbonyl (C=O) groups excluding carboxylic acids is 4. The molecule has 0 bridgehead atoms. The van der Waals surface area contributed by atoms with E-state index in [1.54, 1.807) is 45.0 Å². The Morgan fingerprint density at radius 3 is 2.32 bits per heavy atom. The topological polar surface area (TPSA) is 204 Å². The van der Waals surface area contributed by atoms with Crippen LogP contribution in [-0.4, -0.2) is 107 Å². The molecule has 290 valence electrons. The molecule has 2 heterocycles. The van der Waals surface area contributed by atoms with Crippen molar-refractivity contribution in [3.05, 3.63) is 24.3 Å². The molecule has 3 N–H and O–H groups in total. The summed E-state index contributed by atoms with van der Waals surface area (Å²) in [5, 5.41) is 17.1. The van der Waals surface area contributed by atoms with Gasteiger partial charge in [-0.05, 0) is 72.9 Å². The van der Waals surface area contributed by atoms with E-state index < -0.39 is 86.9 Å². The molecule has 2 aromatic rings. The van der Waals surface area contributed by atoms with Crippen molar-refractivity contribution in [2.45, 2.75) is 107 Å². The van der Waals surface area contributed by atoms with Gasteiger partial charge in [0.1, 0.15) is 23.4 Å². The number of amides is 4. The van der Waals surface area contributed by atoms with E-state index in [-0.39, 0.29) is 31.3 Å². The number of halogens is 2. The SMILES string of the molecule is COc1ccc(-c2nnn([C@@H]3CC(C(=O)N[C@]4(C(=O)NS(=O)(=O)C5CC5)C[C@H]4C(F)F)N(C(=O)[C@@H](NC(=O)OCC4CCCC4)C(C)(C)C)C3)n2)cc1. The van der Waals surface area contributed by atoms with Crippen molar-refractivity contribution in [3.63, 3.8) is 0 Å². The van der Waals surface area contributed by atoms with E-state index in [0.29, 0.717) is 24.2 Å². The van der Waals surface area contributed by atoms with Gasteiger partial charge in [0, 0.05) is 18.5 Å². The maximum atomic E-state index is 14.4. The molecule has 1 saturated heterocycles. The maximum absolute atomic E-state index is 14.4. The molecule has 1 aliphatic heterocycles. The number of carbonyl (C=O) groups is 4. The molecule has 16 nitrogen and oxygen atoms in total. The minimum atomic E-state index is -4.12. The molecule has 1 unspecified atom stereocenters. The smallest absolute Gasteiger partial charge is 0.407 e. The van der Waals surface area contributed by atoms with Gasteiger partial charge in [-0.2, -0.15) is 4.80 Å². The maximum Gasteiger partial charge on any atom is 0.407 e. The normalized spacial score (nSPS) is 25.2.